The second-order valence-corrected chi connectivity index (χ2v) is 7.25. The Kier molecular flexibility index (Phi) is 5.43. The number of hydrogen-bond donors (Lipinski definition) is 2. The zero-order chi connectivity index (χ0) is 19.3. The molecule has 0 spiro atoms. The molecule has 28 heavy (non-hydrogen) atoms. The van der Waals surface area contributed by atoms with E-state index in [1.165, 1.54) is 34.8 Å². The SMILES string of the molecule is O=C(CSc1nccn1-c1cccc(F)c1)NCCc1c[nH]c2ccccc12. The van der Waals surface area contributed by atoms with Crippen molar-refractivity contribution < 1.29 is 9.18 Å². The molecule has 4 rings (SSSR count). The van der Waals surface area contributed by atoms with Crippen LogP contribution in [-0.2, 0) is 11.2 Å². The number of halogens is 1. The Labute approximate surface area is 166 Å². The van der Waals surface area contributed by atoms with Crippen LogP contribution in [-0.4, -0.2) is 32.7 Å². The predicted molar refractivity (Wildman–Crippen MR) is 109 cm³/mol. The van der Waals surface area contributed by atoms with Gasteiger partial charge >= 0.3 is 0 Å². The van der Waals surface area contributed by atoms with Gasteiger partial charge in [-0.3, -0.25) is 9.36 Å². The minimum Gasteiger partial charge on any atom is -0.361 e. The smallest absolute Gasteiger partial charge is 0.230 e. The zero-order valence-electron chi connectivity index (χ0n) is 15.1. The number of aromatic amines is 1. The number of fused-ring (bicyclic) bond motifs is 1. The molecule has 2 aromatic heterocycles. The molecule has 0 radical (unpaired) electrons. The molecule has 0 unspecified atom stereocenters. The number of aromatic nitrogens is 3. The highest BCUT2D eigenvalue weighted by atomic mass is 32.2. The predicted octanol–water partition coefficient (Wildman–Crippen LogP) is 3.94. The van der Waals surface area contributed by atoms with Crippen molar-refractivity contribution in [2.24, 2.45) is 0 Å². The number of carbonyl (C=O) groups is 1. The molecule has 2 heterocycles. The Bertz CT molecular complexity index is 1100. The maximum Gasteiger partial charge on any atom is 0.230 e. The number of nitrogens with one attached hydrogen (secondary N) is 2. The highest BCUT2D eigenvalue weighted by Gasteiger charge is 2.10. The summed E-state index contributed by atoms with van der Waals surface area (Å²) in [6.07, 6.45) is 6.15. The van der Waals surface area contributed by atoms with E-state index in [1.54, 1.807) is 29.1 Å². The quantitative estimate of drug-likeness (QED) is 0.467. The second-order valence-electron chi connectivity index (χ2n) is 6.31. The summed E-state index contributed by atoms with van der Waals surface area (Å²) < 4.78 is 15.2. The van der Waals surface area contributed by atoms with Crippen molar-refractivity contribution in [2.75, 3.05) is 12.3 Å². The summed E-state index contributed by atoms with van der Waals surface area (Å²) in [7, 11) is 0. The first-order valence-electron chi connectivity index (χ1n) is 8.94. The Morgan fingerprint density at radius 3 is 3.00 bits per heavy atom. The van der Waals surface area contributed by atoms with Crippen molar-refractivity contribution in [3.05, 3.63) is 78.5 Å². The average molecular weight is 394 g/mol. The number of H-pyrrole nitrogens is 1. The van der Waals surface area contributed by atoms with E-state index in [0.29, 0.717) is 17.4 Å². The molecule has 0 aliphatic heterocycles. The molecule has 0 fully saturated rings. The molecule has 142 valence electrons. The number of rotatable bonds is 7. The third-order valence-electron chi connectivity index (χ3n) is 4.42. The number of hydrogen-bond acceptors (Lipinski definition) is 3. The van der Waals surface area contributed by atoms with Crippen LogP contribution in [0.3, 0.4) is 0 Å². The topological polar surface area (TPSA) is 62.7 Å². The summed E-state index contributed by atoms with van der Waals surface area (Å²) in [6.45, 7) is 0.569. The summed E-state index contributed by atoms with van der Waals surface area (Å²) in [5, 5.41) is 4.78. The van der Waals surface area contributed by atoms with Crippen LogP contribution in [0.1, 0.15) is 5.56 Å². The van der Waals surface area contributed by atoms with E-state index in [-0.39, 0.29) is 17.5 Å². The van der Waals surface area contributed by atoms with Gasteiger partial charge in [0, 0.05) is 36.0 Å². The summed E-state index contributed by atoms with van der Waals surface area (Å²) in [6, 6.07) is 14.4. The Morgan fingerprint density at radius 1 is 1.21 bits per heavy atom. The molecule has 1 amide bonds. The number of nitrogens with zero attached hydrogens (tertiary/aromatic N) is 2. The molecule has 5 nitrogen and oxygen atoms in total. The van der Waals surface area contributed by atoms with Gasteiger partial charge in [0.1, 0.15) is 5.82 Å². The van der Waals surface area contributed by atoms with Gasteiger partial charge < -0.3 is 10.3 Å². The van der Waals surface area contributed by atoms with Crippen LogP contribution < -0.4 is 5.32 Å². The van der Waals surface area contributed by atoms with Crippen molar-refractivity contribution >= 4 is 28.6 Å². The van der Waals surface area contributed by atoms with Gasteiger partial charge in [-0.2, -0.15) is 0 Å². The van der Waals surface area contributed by atoms with E-state index >= 15 is 0 Å². The average Bonchev–Trinajstić information content (AvgIpc) is 3.34. The van der Waals surface area contributed by atoms with Gasteiger partial charge in [0.2, 0.25) is 5.91 Å². The lowest BCUT2D eigenvalue weighted by molar-refractivity contribution is -0.118. The Hall–Kier alpha value is -3.06. The van der Waals surface area contributed by atoms with Crippen molar-refractivity contribution in [1.29, 1.82) is 0 Å². The second kappa shape index (κ2) is 8.31. The van der Waals surface area contributed by atoms with E-state index in [0.717, 1.165) is 11.9 Å². The maximum atomic E-state index is 13.5. The van der Waals surface area contributed by atoms with Gasteiger partial charge in [0.05, 0.1) is 11.4 Å². The molecule has 4 aromatic rings. The fourth-order valence-corrected chi connectivity index (χ4v) is 3.88. The van der Waals surface area contributed by atoms with Crippen molar-refractivity contribution in [1.82, 2.24) is 19.9 Å². The van der Waals surface area contributed by atoms with Crippen molar-refractivity contribution in [2.45, 2.75) is 11.6 Å². The van der Waals surface area contributed by atoms with Gasteiger partial charge in [-0.15, -0.1) is 0 Å². The van der Waals surface area contributed by atoms with Crippen LogP contribution in [0.4, 0.5) is 4.39 Å². The van der Waals surface area contributed by atoms with Gasteiger partial charge in [0.25, 0.3) is 0 Å². The van der Waals surface area contributed by atoms with Crippen LogP contribution in [0.15, 0.2) is 72.3 Å². The molecule has 0 aliphatic rings. The number of para-hydroxylation sites is 1. The molecular formula is C21H19FN4OS. The van der Waals surface area contributed by atoms with Crippen LogP contribution in [0.2, 0.25) is 0 Å². The number of carbonyl (C=O) groups excluding carboxylic acids is 1. The number of amides is 1. The highest BCUT2D eigenvalue weighted by molar-refractivity contribution is 7.99. The fraction of sp³-hybridized carbons (Fsp3) is 0.143. The van der Waals surface area contributed by atoms with E-state index in [2.05, 4.69) is 21.4 Å². The number of thioether (sulfide) groups is 1. The van der Waals surface area contributed by atoms with E-state index in [4.69, 9.17) is 0 Å². The highest BCUT2D eigenvalue weighted by Crippen LogP contribution is 2.21. The Morgan fingerprint density at radius 2 is 2.11 bits per heavy atom. The first-order valence-corrected chi connectivity index (χ1v) is 9.93. The first-order chi connectivity index (χ1) is 13.7. The van der Waals surface area contributed by atoms with Crippen molar-refractivity contribution in [3.8, 4) is 5.69 Å². The van der Waals surface area contributed by atoms with Gasteiger partial charge in [-0.05, 0) is 36.2 Å². The van der Waals surface area contributed by atoms with Gasteiger partial charge in [-0.1, -0.05) is 36.0 Å². The van der Waals surface area contributed by atoms with E-state index < -0.39 is 0 Å². The summed E-state index contributed by atoms with van der Waals surface area (Å²) in [5.74, 6) is -0.115. The molecule has 2 aromatic carbocycles. The molecule has 0 bridgehead atoms. The lowest BCUT2D eigenvalue weighted by Crippen LogP contribution is -2.27. The standard InChI is InChI=1S/C21H19FN4OS/c22-16-4-3-5-17(12-16)26-11-10-24-21(26)28-14-20(27)23-9-8-15-13-25-19-7-2-1-6-18(15)19/h1-7,10-13,25H,8-9,14H2,(H,23,27). The van der Waals surface area contributed by atoms with E-state index in [1.807, 2.05) is 24.4 Å². The van der Waals surface area contributed by atoms with Crippen molar-refractivity contribution in [3.63, 3.8) is 0 Å². The zero-order valence-corrected chi connectivity index (χ0v) is 15.9. The molecule has 7 heteroatoms. The van der Waals surface area contributed by atoms with Crippen LogP contribution in [0.25, 0.3) is 16.6 Å². The lowest BCUT2D eigenvalue weighted by atomic mass is 10.1. The van der Waals surface area contributed by atoms with E-state index in [9.17, 15) is 9.18 Å². The Balaban J connectivity index is 1.30. The molecule has 2 N–H and O–H groups in total. The third kappa shape index (κ3) is 4.09. The largest absolute Gasteiger partial charge is 0.361 e. The molecule has 0 saturated heterocycles. The van der Waals surface area contributed by atoms with Gasteiger partial charge in [-0.25, -0.2) is 9.37 Å². The number of benzene rings is 2. The summed E-state index contributed by atoms with van der Waals surface area (Å²) in [4.78, 5) is 19.7. The van der Waals surface area contributed by atoms with Crippen LogP contribution in [0.5, 0.6) is 0 Å². The summed E-state index contributed by atoms with van der Waals surface area (Å²) in [5.41, 5.74) is 2.97. The minimum atomic E-state index is -0.308. The molecule has 0 saturated carbocycles. The molecule has 0 atom stereocenters. The summed E-state index contributed by atoms with van der Waals surface area (Å²) >= 11 is 1.32. The van der Waals surface area contributed by atoms with Gasteiger partial charge in [0.15, 0.2) is 5.16 Å². The molecule has 0 aliphatic carbocycles. The maximum absolute atomic E-state index is 13.5. The number of imidazole rings is 1. The third-order valence-corrected chi connectivity index (χ3v) is 5.38. The minimum absolute atomic E-state index is 0.0568. The monoisotopic (exact) mass is 394 g/mol. The van der Waals surface area contributed by atoms with Crippen LogP contribution >= 0.6 is 11.8 Å². The first kappa shape index (κ1) is 18.3. The lowest BCUT2D eigenvalue weighted by Gasteiger charge is -2.08. The van der Waals surface area contributed by atoms with Crippen LogP contribution in [0, 0.1) is 5.82 Å². The molecular weight excluding hydrogens is 375 g/mol. The fourth-order valence-electron chi connectivity index (χ4n) is 3.08. The normalized spacial score (nSPS) is 11.0.